The van der Waals surface area contributed by atoms with Gasteiger partial charge in [0.15, 0.2) is 0 Å². The number of nitrogens with zero attached hydrogens (tertiary/aromatic N) is 2. The number of aromatic nitrogens is 2. The highest BCUT2D eigenvalue weighted by atomic mass is 35.5. The summed E-state index contributed by atoms with van der Waals surface area (Å²) in [5.74, 6) is 0.992. The van der Waals surface area contributed by atoms with Crippen molar-refractivity contribution >= 4 is 22.6 Å². The first-order valence-corrected chi connectivity index (χ1v) is 4.57. The summed E-state index contributed by atoms with van der Waals surface area (Å²) in [7, 11) is 1.98. The normalized spacial score (nSPS) is 11.1. The number of benzene rings is 1. The molecule has 2 rings (SSSR count). The van der Waals surface area contributed by atoms with Crippen LogP contribution in [0.2, 0.25) is 5.02 Å². The molecule has 1 heterocycles. The van der Waals surface area contributed by atoms with Gasteiger partial charge in [0, 0.05) is 7.05 Å². The van der Waals surface area contributed by atoms with E-state index in [9.17, 15) is 0 Å². The number of halogens is 1. The average Bonchev–Trinajstić information content (AvgIpc) is 2.38. The molecule has 1 aromatic heterocycles. The van der Waals surface area contributed by atoms with Gasteiger partial charge in [-0.15, -0.1) is 0 Å². The highest BCUT2D eigenvalue weighted by molar-refractivity contribution is 6.35. The van der Waals surface area contributed by atoms with E-state index in [-0.39, 0.29) is 0 Å². The van der Waals surface area contributed by atoms with Crippen LogP contribution in [0.1, 0.15) is 11.4 Å². The van der Waals surface area contributed by atoms with Gasteiger partial charge in [-0.3, -0.25) is 0 Å². The summed E-state index contributed by atoms with van der Waals surface area (Å²) in [5, 5.41) is 0.767. The molecule has 0 aliphatic carbocycles. The lowest BCUT2D eigenvalue weighted by Gasteiger charge is -2.00. The van der Waals surface area contributed by atoms with Crippen molar-refractivity contribution in [3.63, 3.8) is 0 Å². The van der Waals surface area contributed by atoms with Gasteiger partial charge in [0.25, 0.3) is 0 Å². The molecule has 0 saturated heterocycles. The van der Waals surface area contributed by atoms with Gasteiger partial charge in [-0.05, 0) is 25.5 Å². The maximum absolute atomic E-state index is 6.09. The molecule has 0 aliphatic heterocycles. The van der Waals surface area contributed by atoms with Crippen molar-refractivity contribution in [2.75, 3.05) is 0 Å². The van der Waals surface area contributed by atoms with Crippen LogP contribution in [0.3, 0.4) is 0 Å². The Bertz CT molecular complexity index is 471. The number of hydrogen-bond donors (Lipinski definition) is 0. The molecule has 0 spiro atoms. The predicted molar refractivity (Wildman–Crippen MR) is 55.2 cm³/mol. The molecule has 13 heavy (non-hydrogen) atoms. The minimum atomic E-state index is 0.767. The molecule has 0 fully saturated rings. The van der Waals surface area contributed by atoms with E-state index in [4.69, 9.17) is 11.6 Å². The Morgan fingerprint density at radius 1 is 1.31 bits per heavy atom. The van der Waals surface area contributed by atoms with Crippen molar-refractivity contribution in [1.82, 2.24) is 9.55 Å². The lowest BCUT2D eigenvalue weighted by molar-refractivity contribution is 0.886. The monoisotopic (exact) mass is 194 g/mol. The molecule has 68 valence electrons. The average molecular weight is 195 g/mol. The second-order valence-corrected chi connectivity index (χ2v) is 3.69. The van der Waals surface area contributed by atoms with Crippen LogP contribution in [0.5, 0.6) is 0 Å². The van der Waals surface area contributed by atoms with E-state index in [0.29, 0.717) is 0 Å². The Labute approximate surface area is 82.1 Å². The van der Waals surface area contributed by atoms with Crippen LogP contribution >= 0.6 is 11.6 Å². The van der Waals surface area contributed by atoms with Crippen LogP contribution in [-0.2, 0) is 7.05 Å². The molecule has 0 radical (unpaired) electrons. The second-order valence-electron chi connectivity index (χ2n) is 3.28. The number of aryl methyl sites for hydroxylation is 3. The summed E-state index contributed by atoms with van der Waals surface area (Å²) in [6.45, 7) is 4.03. The van der Waals surface area contributed by atoms with E-state index >= 15 is 0 Å². The van der Waals surface area contributed by atoms with Crippen LogP contribution in [0.15, 0.2) is 12.1 Å². The summed E-state index contributed by atoms with van der Waals surface area (Å²) in [4.78, 5) is 4.45. The fourth-order valence-corrected chi connectivity index (χ4v) is 1.79. The molecule has 0 aliphatic rings. The Morgan fingerprint density at radius 2 is 2.00 bits per heavy atom. The van der Waals surface area contributed by atoms with E-state index < -0.39 is 0 Å². The third kappa shape index (κ3) is 1.13. The molecular weight excluding hydrogens is 184 g/mol. The standard InChI is InChI=1S/C10H11ClN2/c1-6-4-5-8(11)10-9(6)12-7(2)13(10)3/h4-5H,1-3H3. The molecule has 0 saturated carbocycles. The molecule has 3 heteroatoms. The summed E-state index contributed by atoms with van der Waals surface area (Å²) in [6.07, 6.45) is 0. The molecule has 0 atom stereocenters. The highest BCUT2D eigenvalue weighted by Gasteiger charge is 2.09. The van der Waals surface area contributed by atoms with Gasteiger partial charge in [0.05, 0.1) is 16.1 Å². The first kappa shape index (κ1) is 8.57. The fourth-order valence-electron chi connectivity index (χ4n) is 1.51. The van der Waals surface area contributed by atoms with Gasteiger partial charge in [-0.25, -0.2) is 4.98 Å². The largest absolute Gasteiger partial charge is 0.330 e. The number of imidazole rings is 1. The lowest BCUT2D eigenvalue weighted by atomic mass is 10.2. The number of fused-ring (bicyclic) bond motifs is 1. The van der Waals surface area contributed by atoms with Crippen molar-refractivity contribution in [3.8, 4) is 0 Å². The molecule has 2 aromatic rings. The molecule has 0 bridgehead atoms. The highest BCUT2D eigenvalue weighted by Crippen LogP contribution is 2.25. The lowest BCUT2D eigenvalue weighted by Crippen LogP contribution is -1.90. The third-order valence-electron chi connectivity index (χ3n) is 2.40. The zero-order valence-electron chi connectivity index (χ0n) is 7.93. The molecule has 0 N–H and O–H groups in total. The van der Waals surface area contributed by atoms with E-state index in [1.807, 2.05) is 37.6 Å². The van der Waals surface area contributed by atoms with Crippen molar-refractivity contribution in [2.24, 2.45) is 7.05 Å². The smallest absolute Gasteiger partial charge is 0.106 e. The number of hydrogen-bond acceptors (Lipinski definition) is 1. The Kier molecular flexibility index (Phi) is 1.81. The van der Waals surface area contributed by atoms with Crippen LogP contribution < -0.4 is 0 Å². The van der Waals surface area contributed by atoms with E-state index in [1.165, 1.54) is 5.56 Å². The molecule has 0 amide bonds. The van der Waals surface area contributed by atoms with Gasteiger partial charge in [-0.2, -0.15) is 0 Å². The zero-order chi connectivity index (χ0) is 9.59. The Morgan fingerprint density at radius 3 is 2.62 bits per heavy atom. The van der Waals surface area contributed by atoms with Crippen molar-refractivity contribution in [1.29, 1.82) is 0 Å². The Balaban J connectivity index is 3.00. The van der Waals surface area contributed by atoms with Gasteiger partial charge >= 0.3 is 0 Å². The van der Waals surface area contributed by atoms with E-state index in [1.54, 1.807) is 0 Å². The maximum atomic E-state index is 6.09. The van der Waals surface area contributed by atoms with Crippen molar-refractivity contribution < 1.29 is 0 Å². The minimum Gasteiger partial charge on any atom is -0.330 e. The summed E-state index contributed by atoms with van der Waals surface area (Å²) in [6, 6.07) is 3.91. The van der Waals surface area contributed by atoms with E-state index in [0.717, 1.165) is 21.9 Å². The quantitative estimate of drug-likeness (QED) is 0.631. The minimum absolute atomic E-state index is 0.767. The van der Waals surface area contributed by atoms with Gasteiger partial charge in [-0.1, -0.05) is 17.7 Å². The first-order valence-electron chi connectivity index (χ1n) is 4.19. The second kappa shape index (κ2) is 2.74. The van der Waals surface area contributed by atoms with Crippen LogP contribution in [0.25, 0.3) is 11.0 Å². The van der Waals surface area contributed by atoms with Gasteiger partial charge < -0.3 is 4.57 Å². The van der Waals surface area contributed by atoms with Crippen molar-refractivity contribution in [2.45, 2.75) is 13.8 Å². The third-order valence-corrected chi connectivity index (χ3v) is 2.70. The zero-order valence-corrected chi connectivity index (χ0v) is 8.68. The molecule has 0 unspecified atom stereocenters. The predicted octanol–water partition coefficient (Wildman–Crippen LogP) is 2.84. The van der Waals surface area contributed by atoms with Gasteiger partial charge in [0.1, 0.15) is 5.82 Å². The van der Waals surface area contributed by atoms with Crippen LogP contribution in [0.4, 0.5) is 0 Å². The van der Waals surface area contributed by atoms with Gasteiger partial charge in [0.2, 0.25) is 0 Å². The first-order chi connectivity index (χ1) is 6.11. The molecule has 1 aromatic carbocycles. The summed E-state index contributed by atoms with van der Waals surface area (Å²) < 4.78 is 2.02. The van der Waals surface area contributed by atoms with E-state index in [2.05, 4.69) is 4.98 Å². The number of rotatable bonds is 0. The van der Waals surface area contributed by atoms with Crippen LogP contribution in [-0.4, -0.2) is 9.55 Å². The summed E-state index contributed by atoms with van der Waals surface area (Å²) >= 11 is 6.09. The van der Waals surface area contributed by atoms with Crippen LogP contribution in [0, 0.1) is 13.8 Å². The SMILES string of the molecule is Cc1ccc(Cl)c2c1nc(C)n2C. The molecular formula is C10H11ClN2. The molecule has 2 nitrogen and oxygen atoms in total. The van der Waals surface area contributed by atoms with Crippen molar-refractivity contribution in [3.05, 3.63) is 28.5 Å². The Hall–Kier alpha value is -1.02. The topological polar surface area (TPSA) is 17.8 Å². The maximum Gasteiger partial charge on any atom is 0.106 e. The summed E-state index contributed by atoms with van der Waals surface area (Å²) in [5.41, 5.74) is 3.20. The fraction of sp³-hybridized carbons (Fsp3) is 0.300.